The Balaban J connectivity index is 1.95. The van der Waals surface area contributed by atoms with Gasteiger partial charge in [0.15, 0.2) is 11.2 Å². The standard InChI is InChI=1S/C14H11N3O2S/c15-7-1-3-10-5-6-11(20-10)9-17-13-12(19-14(17)18)4-2-8-16-13/h2,4-6,8H,7,9,15H2. The Labute approximate surface area is 118 Å². The number of oxazole rings is 1. The van der Waals surface area contributed by atoms with Gasteiger partial charge in [-0.05, 0) is 24.3 Å². The van der Waals surface area contributed by atoms with Crippen LogP contribution < -0.4 is 11.5 Å². The summed E-state index contributed by atoms with van der Waals surface area (Å²) in [4.78, 5) is 18.0. The molecule has 0 spiro atoms. The van der Waals surface area contributed by atoms with Gasteiger partial charge in [0.1, 0.15) is 0 Å². The van der Waals surface area contributed by atoms with E-state index in [4.69, 9.17) is 10.2 Å². The van der Waals surface area contributed by atoms with Gasteiger partial charge in [-0.15, -0.1) is 11.3 Å². The molecular weight excluding hydrogens is 274 g/mol. The number of nitrogens with zero attached hydrogens (tertiary/aromatic N) is 2. The fourth-order valence-electron chi connectivity index (χ4n) is 1.86. The zero-order valence-electron chi connectivity index (χ0n) is 10.5. The van der Waals surface area contributed by atoms with E-state index in [-0.39, 0.29) is 0 Å². The van der Waals surface area contributed by atoms with Crippen LogP contribution in [0.1, 0.15) is 9.75 Å². The maximum atomic E-state index is 11.8. The number of nitrogens with two attached hydrogens (primary N) is 1. The zero-order chi connectivity index (χ0) is 13.9. The molecule has 6 heteroatoms. The van der Waals surface area contributed by atoms with Crippen molar-refractivity contribution in [3.05, 3.63) is 50.8 Å². The lowest BCUT2D eigenvalue weighted by molar-refractivity contribution is 0.518. The van der Waals surface area contributed by atoms with Gasteiger partial charge in [0.05, 0.1) is 18.0 Å². The summed E-state index contributed by atoms with van der Waals surface area (Å²) in [6, 6.07) is 7.33. The number of pyridine rings is 1. The van der Waals surface area contributed by atoms with Crippen LogP contribution in [0.4, 0.5) is 0 Å². The number of fused-ring (bicyclic) bond motifs is 1. The van der Waals surface area contributed by atoms with Crippen molar-refractivity contribution in [1.29, 1.82) is 0 Å². The number of hydrogen-bond donors (Lipinski definition) is 1. The molecule has 0 saturated heterocycles. The third-order valence-electron chi connectivity index (χ3n) is 2.71. The summed E-state index contributed by atoms with van der Waals surface area (Å²) in [5.74, 6) is 5.38. The van der Waals surface area contributed by atoms with Gasteiger partial charge in [-0.25, -0.2) is 9.78 Å². The minimum atomic E-state index is -0.401. The van der Waals surface area contributed by atoms with Crippen LogP contribution in [0.25, 0.3) is 11.2 Å². The van der Waals surface area contributed by atoms with Crippen molar-refractivity contribution < 1.29 is 4.42 Å². The molecule has 0 aliphatic heterocycles. The lowest BCUT2D eigenvalue weighted by atomic mass is 10.4. The second-order valence-electron chi connectivity index (χ2n) is 4.05. The molecule has 0 aliphatic rings. The average Bonchev–Trinajstić information content (AvgIpc) is 3.02. The van der Waals surface area contributed by atoms with Crippen LogP contribution in [0.15, 0.2) is 39.7 Å². The minimum absolute atomic E-state index is 0.336. The first-order valence-corrected chi connectivity index (χ1v) is 6.81. The van der Waals surface area contributed by atoms with Gasteiger partial charge in [0.2, 0.25) is 0 Å². The lowest BCUT2D eigenvalue weighted by Crippen LogP contribution is -2.14. The fourth-order valence-corrected chi connectivity index (χ4v) is 2.74. The Hall–Kier alpha value is -2.36. The van der Waals surface area contributed by atoms with E-state index in [1.54, 1.807) is 18.3 Å². The maximum Gasteiger partial charge on any atom is 0.421 e. The topological polar surface area (TPSA) is 74.0 Å². The number of thiophene rings is 1. The quantitative estimate of drug-likeness (QED) is 0.722. The molecule has 0 unspecified atom stereocenters. The third kappa shape index (κ3) is 2.37. The Morgan fingerprint density at radius 3 is 3.15 bits per heavy atom. The Bertz CT molecular complexity index is 864. The third-order valence-corrected chi connectivity index (χ3v) is 3.70. The summed E-state index contributed by atoms with van der Waals surface area (Å²) in [5, 5.41) is 0. The molecule has 0 radical (unpaired) electrons. The molecule has 3 aromatic heterocycles. The molecule has 100 valence electrons. The molecule has 0 atom stereocenters. The van der Waals surface area contributed by atoms with E-state index in [0.717, 1.165) is 9.75 Å². The van der Waals surface area contributed by atoms with Crippen molar-refractivity contribution >= 4 is 22.6 Å². The van der Waals surface area contributed by atoms with E-state index < -0.39 is 5.76 Å². The van der Waals surface area contributed by atoms with Gasteiger partial charge in [0.25, 0.3) is 0 Å². The summed E-state index contributed by atoms with van der Waals surface area (Å²) in [6.45, 7) is 0.765. The SMILES string of the molecule is NCC#Cc1ccc(Cn2c(=O)oc3cccnc32)s1. The highest BCUT2D eigenvalue weighted by Crippen LogP contribution is 2.18. The number of rotatable bonds is 2. The van der Waals surface area contributed by atoms with Crippen molar-refractivity contribution in [3.63, 3.8) is 0 Å². The summed E-state index contributed by atoms with van der Waals surface area (Å²) < 4.78 is 6.66. The Morgan fingerprint density at radius 1 is 1.40 bits per heavy atom. The molecule has 20 heavy (non-hydrogen) atoms. The second kappa shape index (κ2) is 5.33. The highest BCUT2D eigenvalue weighted by molar-refractivity contribution is 7.12. The van der Waals surface area contributed by atoms with Gasteiger partial charge in [0, 0.05) is 11.1 Å². The van der Waals surface area contributed by atoms with Crippen molar-refractivity contribution in [2.75, 3.05) is 6.54 Å². The van der Waals surface area contributed by atoms with Crippen molar-refractivity contribution in [3.8, 4) is 11.8 Å². The highest BCUT2D eigenvalue weighted by atomic mass is 32.1. The van der Waals surface area contributed by atoms with Gasteiger partial charge < -0.3 is 10.2 Å². The molecule has 0 fully saturated rings. The highest BCUT2D eigenvalue weighted by Gasteiger charge is 2.11. The lowest BCUT2D eigenvalue weighted by Gasteiger charge is -1.97. The van der Waals surface area contributed by atoms with E-state index in [1.165, 1.54) is 15.9 Å². The Morgan fingerprint density at radius 2 is 2.30 bits per heavy atom. The summed E-state index contributed by atoms with van der Waals surface area (Å²) in [6.07, 6.45) is 1.64. The average molecular weight is 285 g/mol. The molecule has 0 amide bonds. The van der Waals surface area contributed by atoms with Gasteiger partial charge in [-0.3, -0.25) is 4.57 Å². The number of aromatic nitrogens is 2. The van der Waals surface area contributed by atoms with Crippen LogP contribution in [0.3, 0.4) is 0 Å². The van der Waals surface area contributed by atoms with E-state index in [0.29, 0.717) is 24.3 Å². The van der Waals surface area contributed by atoms with E-state index in [1.807, 2.05) is 12.1 Å². The molecule has 0 aromatic carbocycles. The summed E-state index contributed by atoms with van der Waals surface area (Å²) in [5.41, 5.74) is 6.39. The molecule has 0 saturated carbocycles. The normalized spacial score (nSPS) is 10.4. The smallest absolute Gasteiger partial charge is 0.406 e. The second-order valence-corrected chi connectivity index (χ2v) is 5.22. The van der Waals surface area contributed by atoms with Crippen molar-refractivity contribution in [1.82, 2.24) is 9.55 Å². The molecule has 0 bridgehead atoms. The molecule has 3 aromatic rings. The summed E-state index contributed by atoms with van der Waals surface area (Å²) in [7, 11) is 0. The van der Waals surface area contributed by atoms with Crippen LogP contribution >= 0.6 is 11.3 Å². The first-order chi connectivity index (χ1) is 9.78. The van der Waals surface area contributed by atoms with Gasteiger partial charge in [-0.2, -0.15) is 0 Å². The van der Waals surface area contributed by atoms with E-state index in [9.17, 15) is 4.79 Å². The molecule has 3 rings (SSSR count). The van der Waals surface area contributed by atoms with E-state index in [2.05, 4.69) is 16.8 Å². The predicted octanol–water partition coefficient (Wildman–Crippen LogP) is 1.41. The minimum Gasteiger partial charge on any atom is -0.406 e. The molecule has 0 aliphatic carbocycles. The van der Waals surface area contributed by atoms with Gasteiger partial charge in [-0.1, -0.05) is 11.8 Å². The number of hydrogen-bond acceptors (Lipinski definition) is 5. The monoisotopic (exact) mass is 285 g/mol. The molecule has 2 N–H and O–H groups in total. The first kappa shape index (κ1) is 12.7. The largest absolute Gasteiger partial charge is 0.421 e. The molecule has 3 heterocycles. The molecule has 5 nitrogen and oxygen atoms in total. The van der Waals surface area contributed by atoms with Crippen LogP contribution in [0.5, 0.6) is 0 Å². The molecular formula is C14H11N3O2S. The van der Waals surface area contributed by atoms with Crippen LogP contribution in [-0.2, 0) is 6.54 Å². The Kier molecular flexibility index (Phi) is 3.37. The van der Waals surface area contributed by atoms with Crippen molar-refractivity contribution in [2.45, 2.75) is 6.54 Å². The zero-order valence-corrected chi connectivity index (χ0v) is 11.3. The van der Waals surface area contributed by atoms with Crippen LogP contribution in [0, 0.1) is 11.8 Å². The van der Waals surface area contributed by atoms with Crippen molar-refractivity contribution in [2.24, 2.45) is 5.73 Å². The fraction of sp³-hybridized carbons (Fsp3) is 0.143. The van der Waals surface area contributed by atoms with Crippen LogP contribution in [0.2, 0.25) is 0 Å². The van der Waals surface area contributed by atoms with Gasteiger partial charge >= 0.3 is 5.76 Å². The van der Waals surface area contributed by atoms with E-state index >= 15 is 0 Å². The summed E-state index contributed by atoms with van der Waals surface area (Å²) >= 11 is 1.53. The first-order valence-electron chi connectivity index (χ1n) is 6.00. The van der Waals surface area contributed by atoms with Crippen LogP contribution in [-0.4, -0.2) is 16.1 Å². The predicted molar refractivity (Wildman–Crippen MR) is 77.6 cm³/mol. The maximum absolute atomic E-state index is 11.8.